The molecule has 0 aliphatic carbocycles. The zero-order valence-corrected chi connectivity index (χ0v) is 16.0. The van der Waals surface area contributed by atoms with E-state index in [1.807, 2.05) is 13.0 Å². The van der Waals surface area contributed by atoms with Crippen molar-refractivity contribution in [1.82, 2.24) is 0 Å². The van der Waals surface area contributed by atoms with E-state index in [2.05, 4.69) is 0 Å². The van der Waals surface area contributed by atoms with Crippen molar-refractivity contribution in [3.05, 3.63) is 45.3 Å². The maximum Gasteiger partial charge on any atom is 0.193 e. The highest BCUT2D eigenvalue weighted by molar-refractivity contribution is 5.81. The van der Waals surface area contributed by atoms with E-state index >= 15 is 0 Å². The fourth-order valence-electron chi connectivity index (χ4n) is 3.57. The van der Waals surface area contributed by atoms with Gasteiger partial charge in [0, 0.05) is 6.07 Å². The molecule has 6 atom stereocenters. The first-order valence-electron chi connectivity index (χ1n) is 9.21. The molecule has 1 aliphatic heterocycles. The monoisotopic (exact) mass is 394 g/mol. The number of rotatable bonds is 5. The summed E-state index contributed by atoms with van der Waals surface area (Å²) in [4.78, 5) is 12.5. The summed E-state index contributed by atoms with van der Waals surface area (Å²) in [5.74, 6) is 0.527. The lowest BCUT2D eigenvalue weighted by molar-refractivity contribution is -0.309. The van der Waals surface area contributed by atoms with E-state index in [9.17, 15) is 25.2 Å². The van der Waals surface area contributed by atoms with E-state index < -0.39 is 43.4 Å². The molecule has 0 unspecified atom stereocenters. The van der Waals surface area contributed by atoms with Crippen LogP contribution >= 0.6 is 0 Å². The number of ether oxygens (including phenoxy) is 2. The van der Waals surface area contributed by atoms with Crippen LogP contribution in [0.15, 0.2) is 27.4 Å². The highest BCUT2D eigenvalue weighted by Gasteiger charge is 2.44. The number of benzene rings is 1. The Hall–Kier alpha value is -1.81. The molecule has 8 nitrogen and oxygen atoms in total. The fraction of sp³-hybridized carbons (Fsp3) is 0.550. The van der Waals surface area contributed by atoms with Crippen LogP contribution in [-0.4, -0.2) is 63.8 Å². The van der Waals surface area contributed by atoms with Crippen LogP contribution in [0, 0.1) is 13.8 Å². The number of hydrogen-bond acceptors (Lipinski definition) is 8. The molecule has 1 aromatic heterocycles. The molecule has 1 saturated heterocycles. The molecular weight excluding hydrogens is 368 g/mol. The van der Waals surface area contributed by atoms with Crippen LogP contribution in [-0.2, 0) is 15.9 Å². The Kier molecular flexibility index (Phi) is 6.18. The van der Waals surface area contributed by atoms with Gasteiger partial charge in [-0.3, -0.25) is 4.79 Å². The van der Waals surface area contributed by atoms with Gasteiger partial charge in [-0.15, -0.1) is 0 Å². The second kappa shape index (κ2) is 8.28. The average molecular weight is 394 g/mol. The second-order valence-corrected chi connectivity index (χ2v) is 7.37. The predicted octanol–water partition coefficient (Wildman–Crippen LogP) is 0.157. The van der Waals surface area contributed by atoms with Crippen molar-refractivity contribution < 1.29 is 34.3 Å². The summed E-state index contributed by atoms with van der Waals surface area (Å²) >= 11 is 0. The SMILES string of the molecule is Cc1cc(C[C@@H](C)O[C@H]2O[C@H](CO)[C@@H](O)[C@H](O)[C@H]2O)c2c(=O)cc(C)oc2c1. The quantitative estimate of drug-likeness (QED) is 0.564. The van der Waals surface area contributed by atoms with Gasteiger partial charge in [-0.1, -0.05) is 6.07 Å². The van der Waals surface area contributed by atoms with Gasteiger partial charge in [-0.2, -0.15) is 0 Å². The predicted molar refractivity (Wildman–Crippen MR) is 100.0 cm³/mol. The summed E-state index contributed by atoms with van der Waals surface area (Å²) in [6.45, 7) is 4.83. The Labute approximate surface area is 161 Å². The zero-order valence-electron chi connectivity index (χ0n) is 16.0. The molecule has 2 aromatic rings. The molecule has 3 rings (SSSR count). The van der Waals surface area contributed by atoms with Crippen LogP contribution in [0.4, 0.5) is 0 Å². The normalized spacial score (nSPS) is 29.2. The Balaban J connectivity index is 1.82. The molecule has 0 radical (unpaired) electrons. The largest absolute Gasteiger partial charge is 0.461 e. The Morgan fingerprint density at radius 3 is 2.50 bits per heavy atom. The summed E-state index contributed by atoms with van der Waals surface area (Å²) in [5.41, 5.74) is 2.02. The van der Waals surface area contributed by atoms with Gasteiger partial charge in [0.15, 0.2) is 11.7 Å². The standard InChI is InChI=1S/C20H26O8/c1-9-4-12(16-13(22)7-11(3)26-14(16)5-9)6-10(2)27-20-19(25)18(24)17(23)15(8-21)28-20/h4-5,7,10,15,17-21,23-25H,6,8H2,1-3H3/t10-,15-,17-,18+,19-,20+/m1/s1. The van der Waals surface area contributed by atoms with Crippen LogP contribution in [0.5, 0.6) is 0 Å². The topological polar surface area (TPSA) is 130 Å². The third-order valence-corrected chi connectivity index (χ3v) is 4.90. The van der Waals surface area contributed by atoms with Crippen molar-refractivity contribution in [2.75, 3.05) is 6.61 Å². The summed E-state index contributed by atoms with van der Waals surface area (Å²) in [6, 6.07) is 5.11. The summed E-state index contributed by atoms with van der Waals surface area (Å²) < 4.78 is 16.8. The Bertz CT molecular complexity index is 884. The first kappa shape index (κ1) is 20.9. The minimum Gasteiger partial charge on any atom is -0.461 e. The first-order valence-corrected chi connectivity index (χ1v) is 9.21. The zero-order chi connectivity index (χ0) is 20.6. The lowest BCUT2D eigenvalue weighted by Gasteiger charge is -2.40. The van der Waals surface area contributed by atoms with Gasteiger partial charge in [-0.05, 0) is 44.4 Å². The van der Waals surface area contributed by atoms with Gasteiger partial charge in [0.05, 0.1) is 18.1 Å². The molecule has 0 saturated carbocycles. The molecular formula is C20H26O8. The lowest BCUT2D eigenvalue weighted by atomic mass is 9.98. The van der Waals surface area contributed by atoms with Crippen LogP contribution in [0.2, 0.25) is 0 Å². The molecule has 1 fully saturated rings. The molecule has 0 bridgehead atoms. The van der Waals surface area contributed by atoms with E-state index in [1.54, 1.807) is 19.9 Å². The van der Waals surface area contributed by atoms with Gasteiger partial charge >= 0.3 is 0 Å². The van der Waals surface area contributed by atoms with Crippen molar-refractivity contribution in [2.24, 2.45) is 0 Å². The lowest BCUT2D eigenvalue weighted by Crippen LogP contribution is -2.59. The Morgan fingerprint density at radius 1 is 1.11 bits per heavy atom. The summed E-state index contributed by atoms with van der Waals surface area (Å²) in [6.07, 6.45) is -6.83. The third kappa shape index (κ3) is 4.12. The number of aliphatic hydroxyl groups excluding tert-OH is 4. The Morgan fingerprint density at radius 2 is 1.82 bits per heavy atom. The number of hydrogen-bond donors (Lipinski definition) is 4. The van der Waals surface area contributed by atoms with Crippen molar-refractivity contribution in [3.8, 4) is 0 Å². The highest BCUT2D eigenvalue weighted by Crippen LogP contribution is 2.25. The number of fused-ring (bicyclic) bond motifs is 1. The maximum absolute atomic E-state index is 12.5. The molecule has 154 valence electrons. The van der Waals surface area contributed by atoms with Crippen LogP contribution < -0.4 is 5.43 Å². The van der Waals surface area contributed by atoms with Gasteiger partial charge in [-0.25, -0.2) is 0 Å². The van der Waals surface area contributed by atoms with Crippen LogP contribution in [0.3, 0.4) is 0 Å². The molecule has 4 N–H and O–H groups in total. The summed E-state index contributed by atoms with van der Waals surface area (Å²) in [7, 11) is 0. The first-order chi connectivity index (χ1) is 13.2. The molecule has 0 amide bonds. The molecule has 1 aliphatic rings. The molecule has 2 heterocycles. The van der Waals surface area contributed by atoms with Crippen molar-refractivity contribution in [2.45, 2.75) is 64.0 Å². The number of aliphatic hydroxyl groups is 4. The van der Waals surface area contributed by atoms with Gasteiger partial charge in [0.2, 0.25) is 0 Å². The van der Waals surface area contributed by atoms with E-state index in [1.165, 1.54) is 6.07 Å². The van der Waals surface area contributed by atoms with Gasteiger partial charge < -0.3 is 34.3 Å². The average Bonchev–Trinajstić information content (AvgIpc) is 2.61. The number of aryl methyl sites for hydroxylation is 2. The molecule has 8 heteroatoms. The van der Waals surface area contributed by atoms with Crippen molar-refractivity contribution in [1.29, 1.82) is 0 Å². The smallest absolute Gasteiger partial charge is 0.193 e. The van der Waals surface area contributed by atoms with Crippen molar-refractivity contribution >= 4 is 11.0 Å². The van der Waals surface area contributed by atoms with E-state index in [-0.39, 0.29) is 5.43 Å². The second-order valence-electron chi connectivity index (χ2n) is 7.37. The molecule has 28 heavy (non-hydrogen) atoms. The van der Waals surface area contributed by atoms with Crippen LogP contribution in [0.25, 0.3) is 11.0 Å². The molecule has 0 spiro atoms. The van der Waals surface area contributed by atoms with E-state index in [0.29, 0.717) is 23.2 Å². The minimum absolute atomic E-state index is 0.145. The van der Waals surface area contributed by atoms with Gasteiger partial charge in [0.25, 0.3) is 0 Å². The minimum atomic E-state index is -1.50. The fourth-order valence-corrected chi connectivity index (χ4v) is 3.57. The molecule has 1 aromatic carbocycles. The van der Waals surface area contributed by atoms with Crippen LogP contribution in [0.1, 0.15) is 23.8 Å². The summed E-state index contributed by atoms with van der Waals surface area (Å²) in [5, 5.41) is 39.6. The van der Waals surface area contributed by atoms with Crippen molar-refractivity contribution in [3.63, 3.8) is 0 Å². The van der Waals surface area contributed by atoms with E-state index in [0.717, 1.165) is 11.1 Å². The van der Waals surface area contributed by atoms with E-state index in [4.69, 9.17) is 13.9 Å². The third-order valence-electron chi connectivity index (χ3n) is 4.90. The highest BCUT2D eigenvalue weighted by atomic mass is 16.7. The van der Waals surface area contributed by atoms with Gasteiger partial charge in [0.1, 0.15) is 35.8 Å². The maximum atomic E-state index is 12.5.